The van der Waals surface area contributed by atoms with E-state index in [1.165, 1.54) is 23.1 Å². The average Bonchev–Trinajstić information content (AvgIpc) is 3.31. The van der Waals surface area contributed by atoms with Crippen molar-refractivity contribution in [2.45, 2.75) is 12.6 Å². The third kappa shape index (κ3) is 4.55. The number of hydrogen-bond acceptors (Lipinski definition) is 4. The molecule has 1 aromatic carbocycles. The van der Waals surface area contributed by atoms with Crippen LogP contribution in [0.1, 0.15) is 17.5 Å². The van der Waals surface area contributed by atoms with Crippen molar-refractivity contribution in [2.75, 3.05) is 23.7 Å². The fraction of sp³-hybridized carbons (Fsp3) is 0.318. The maximum atomic E-state index is 12.9. The number of rotatable bonds is 6. The fourth-order valence-electron chi connectivity index (χ4n) is 4.13. The summed E-state index contributed by atoms with van der Waals surface area (Å²) in [7, 11) is 0. The number of nitrogens with one attached hydrogen (secondary N) is 1. The number of carbonyl (C=O) groups is 2. The quantitative estimate of drug-likeness (QED) is 0.690. The Morgan fingerprint density at radius 3 is 2.74 bits per heavy atom. The number of halogens is 3. The molecule has 6 nitrogen and oxygen atoms in total. The number of alkyl halides is 3. The number of piperidine rings is 1. The number of hydrogen-bond donors (Lipinski definition) is 2. The summed E-state index contributed by atoms with van der Waals surface area (Å²) in [5.74, 6) is 0.104. The maximum absolute atomic E-state index is 12.9. The molecule has 1 aliphatic carbocycles. The van der Waals surface area contributed by atoms with Gasteiger partial charge in [-0.05, 0) is 60.2 Å². The number of anilines is 2. The zero-order valence-corrected chi connectivity index (χ0v) is 16.5. The second-order valence-electron chi connectivity index (χ2n) is 7.78. The molecule has 4 rings (SSSR count). The lowest BCUT2D eigenvalue weighted by Gasteiger charge is -2.21. The zero-order valence-electron chi connectivity index (χ0n) is 16.5. The van der Waals surface area contributed by atoms with Crippen LogP contribution in [0, 0.1) is 17.8 Å². The van der Waals surface area contributed by atoms with Gasteiger partial charge in [0, 0.05) is 37.0 Å². The smallest absolute Gasteiger partial charge is 0.384 e. The molecule has 0 unspecified atom stereocenters. The first kappa shape index (κ1) is 20.9. The van der Waals surface area contributed by atoms with Gasteiger partial charge in [-0.15, -0.1) is 0 Å². The molecule has 1 saturated heterocycles. The van der Waals surface area contributed by atoms with Gasteiger partial charge in [0.15, 0.2) is 0 Å². The molecule has 31 heavy (non-hydrogen) atoms. The van der Waals surface area contributed by atoms with E-state index in [2.05, 4.69) is 10.3 Å². The monoisotopic (exact) mass is 430 g/mol. The van der Waals surface area contributed by atoms with E-state index in [0.29, 0.717) is 25.3 Å². The molecule has 2 aromatic rings. The predicted octanol–water partition coefficient (Wildman–Crippen LogP) is 3.11. The summed E-state index contributed by atoms with van der Waals surface area (Å²) < 4.78 is 38.8. The largest absolute Gasteiger partial charge is 0.416 e. The van der Waals surface area contributed by atoms with Gasteiger partial charge >= 0.3 is 6.18 Å². The summed E-state index contributed by atoms with van der Waals surface area (Å²) >= 11 is 0. The summed E-state index contributed by atoms with van der Waals surface area (Å²) in [6.07, 6.45) is 0.805. The van der Waals surface area contributed by atoms with E-state index < -0.39 is 11.7 Å². The van der Waals surface area contributed by atoms with E-state index >= 15 is 0 Å². The Kier molecular flexibility index (Phi) is 5.43. The third-order valence-corrected chi connectivity index (χ3v) is 5.77. The van der Waals surface area contributed by atoms with Gasteiger partial charge in [0.25, 0.3) is 0 Å². The highest BCUT2D eigenvalue weighted by Crippen LogP contribution is 2.55. The molecular weight excluding hydrogens is 409 g/mol. The Morgan fingerprint density at radius 2 is 2.10 bits per heavy atom. The molecule has 0 spiro atoms. The Hall–Kier alpha value is -3.36. The molecule has 0 bridgehead atoms. The number of aromatic nitrogens is 1. The molecule has 3 N–H and O–H groups in total. The highest BCUT2D eigenvalue weighted by Gasteiger charge is 2.61. The minimum Gasteiger partial charge on any atom is -0.384 e. The molecule has 2 fully saturated rings. The van der Waals surface area contributed by atoms with Crippen molar-refractivity contribution in [3.63, 3.8) is 0 Å². The van der Waals surface area contributed by atoms with Gasteiger partial charge in [-0.3, -0.25) is 9.59 Å². The van der Waals surface area contributed by atoms with Crippen LogP contribution in [0.25, 0.3) is 6.08 Å². The third-order valence-electron chi connectivity index (χ3n) is 5.77. The van der Waals surface area contributed by atoms with Crippen LogP contribution in [-0.2, 0) is 15.8 Å². The average molecular weight is 430 g/mol. The number of fused-ring (bicyclic) bond motifs is 1. The van der Waals surface area contributed by atoms with Crippen LogP contribution in [0.3, 0.4) is 0 Å². The molecule has 1 saturated carbocycles. The molecule has 0 radical (unpaired) electrons. The maximum Gasteiger partial charge on any atom is 0.416 e. The van der Waals surface area contributed by atoms with Crippen LogP contribution in [-0.4, -0.2) is 29.9 Å². The Morgan fingerprint density at radius 1 is 1.29 bits per heavy atom. The van der Waals surface area contributed by atoms with Crippen molar-refractivity contribution in [3.8, 4) is 0 Å². The summed E-state index contributed by atoms with van der Waals surface area (Å²) in [5.41, 5.74) is 5.78. The summed E-state index contributed by atoms with van der Waals surface area (Å²) in [6.45, 7) is 0.838. The van der Waals surface area contributed by atoms with Gasteiger partial charge in [0.05, 0.1) is 5.56 Å². The van der Waals surface area contributed by atoms with Crippen molar-refractivity contribution >= 4 is 29.4 Å². The van der Waals surface area contributed by atoms with E-state index in [4.69, 9.17) is 5.73 Å². The fourth-order valence-corrected chi connectivity index (χ4v) is 4.13. The highest BCUT2D eigenvalue weighted by atomic mass is 19.4. The molecule has 162 valence electrons. The lowest BCUT2D eigenvalue weighted by atomic mass is 10.1. The topological polar surface area (TPSA) is 88.3 Å². The van der Waals surface area contributed by atoms with E-state index in [0.717, 1.165) is 17.7 Å². The molecule has 9 heteroatoms. The SMILES string of the molecule is Nc1ccc(/C=C/C(=O)NCC[C@H]2[C@@H]3CN(c4cccc(C(F)(F)F)c4)C(=O)[C@H]23)cn1. The number of nitrogens with two attached hydrogens (primary N) is 1. The second kappa shape index (κ2) is 8.05. The summed E-state index contributed by atoms with van der Waals surface area (Å²) in [5, 5.41) is 2.79. The predicted molar refractivity (Wildman–Crippen MR) is 110 cm³/mol. The number of amides is 2. The van der Waals surface area contributed by atoms with Crippen molar-refractivity contribution in [3.05, 3.63) is 59.8 Å². The van der Waals surface area contributed by atoms with Gasteiger partial charge in [-0.1, -0.05) is 6.07 Å². The number of pyridine rings is 1. The molecule has 1 aliphatic heterocycles. The van der Waals surface area contributed by atoms with Crippen molar-refractivity contribution in [2.24, 2.45) is 17.8 Å². The van der Waals surface area contributed by atoms with Crippen LogP contribution in [0.15, 0.2) is 48.7 Å². The number of nitrogens with zero attached hydrogens (tertiary/aromatic N) is 2. The van der Waals surface area contributed by atoms with Gasteiger partial charge in [-0.25, -0.2) is 4.98 Å². The van der Waals surface area contributed by atoms with Crippen molar-refractivity contribution in [1.29, 1.82) is 0 Å². The van der Waals surface area contributed by atoms with E-state index in [9.17, 15) is 22.8 Å². The lowest BCUT2D eigenvalue weighted by Crippen LogP contribution is -2.31. The van der Waals surface area contributed by atoms with Gasteiger partial charge in [-0.2, -0.15) is 13.2 Å². The highest BCUT2D eigenvalue weighted by molar-refractivity contribution is 6.00. The summed E-state index contributed by atoms with van der Waals surface area (Å²) in [6, 6.07) is 8.24. The number of benzene rings is 1. The minimum absolute atomic E-state index is 0.121. The normalized spacial score (nSPS) is 22.6. The molecule has 1 aromatic heterocycles. The Bertz CT molecular complexity index is 1020. The van der Waals surface area contributed by atoms with E-state index in [1.54, 1.807) is 24.4 Å². The van der Waals surface area contributed by atoms with Crippen molar-refractivity contribution in [1.82, 2.24) is 10.3 Å². The molecule has 2 aliphatic rings. The number of carbonyl (C=O) groups excluding carboxylic acids is 2. The first-order valence-electron chi connectivity index (χ1n) is 9.90. The van der Waals surface area contributed by atoms with Crippen LogP contribution in [0.5, 0.6) is 0 Å². The van der Waals surface area contributed by atoms with Gasteiger partial charge in [0.2, 0.25) is 11.8 Å². The second-order valence-corrected chi connectivity index (χ2v) is 7.78. The number of nitrogen functional groups attached to an aromatic ring is 1. The molecule has 3 atom stereocenters. The summed E-state index contributed by atoms with van der Waals surface area (Å²) in [4.78, 5) is 29.9. The molecule has 2 amide bonds. The van der Waals surface area contributed by atoms with Crippen LogP contribution >= 0.6 is 0 Å². The minimum atomic E-state index is -4.44. The first-order chi connectivity index (χ1) is 14.7. The molecule has 2 heterocycles. The van der Waals surface area contributed by atoms with Gasteiger partial charge in [0.1, 0.15) is 5.82 Å². The van der Waals surface area contributed by atoms with Crippen LogP contribution in [0.4, 0.5) is 24.7 Å². The van der Waals surface area contributed by atoms with Gasteiger partial charge < -0.3 is 16.0 Å². The Balaban J connectivity index is 1.25. The van der Waals surface area contributed by atoms with Crippen molar-refractivity contribution < 1.29 is 22.8 Å². The Labute approximate surface area is 176 Å². The standard InChI is InChI=1S/C22H21F3N4O2/c23-22(24,25)14-2-1-3-15(10-14)29-12-17-16(20(17)21(29)31)8-9-27-19(30)7-5-13-4-6-18(26)28-11-13/h1-7,10-11,16-17,20H,8-9,12H2,(H2,26,28)(H,27,30)/b7-5+/t16-,17-,20+/m0/s1. The van der Waals surface area contributed by atoms with Crippen LogP contribution < -0.4 is 16.0 Å². The lowest BCUT2D eigenvalue weighted by molar-refractivity contribution is -0.137. The van der Waals surface area contributed by atoms with Crippen LogP contribution in [0.2, 0.25) is 0 Å². The van der Waals surface area contributed by atoms with E-state index in [1.807, 2.05) is 0 Å². The first-order valence-corrected chi connectivity index (χ1v) is 9.90. The zero-order chi connectivity index (χ0) is 22.2. The van der Waals surface area contributed by atoms with E-state index in [-0.39, 0.29) is 35.3 Å². The molecular formula is C22H21F3N4O2.